The highest BCUT2D eigenvalue weighted by molar-refractivity contribution is 7.91. The van der Waals surface area contributed by atoms with E-state index in [9.17, 15) is 31.2 Å². The Hall–Kier alpha value is -2.58. The molecule has 0 unspecified atom stereocenters. The van der Waals surface area contributed by atoms with Crippen LogP contribution in [0.2, 0.25) is 10.0 Å². The number of piperazine rings is 1. The molecule has 2 aromatic carbocycles. The van der Waals surface area contributed by atoms with Gasteiger partial charge in [-0.15, -0.1) is 0 Å². The zero-order valence-electron chi connectivity index (χ0n) is 19.4. The molecule has 1 saturated heterocycles. The summed E-state index contributed by atoms with van der Waals surface area (Å²) in [5.74, 6) is -0.285. The Labute approximate surface area is 219 Å². The van der Waals surface area contributed by atoms with E-state index in [1.165, 1.54) is 25.1 Å². The molecule has 0 aliphatic carbocycles. The minimum absolute atomic E-state index is 0.0998. The van der Waals surface area contributed by atoms with Crippen molar-refractivity contribution in [3.8, 4) is 0 Å². The van der Waals surface area contributed by atoms with E-state index in [0.717, 1.165) is 0 Å². The monoisotopic (exact) mass is 579 g/mol. The number of sulfone groups is 1. The summed E-state index contributed by atoms with van der Waals surface area (Å²) in [6.07, 6.45) is -4.84. The highest BCUT2D eigenvalue weighted by Gasteiger charge is 2.36. The molecule has 0 atom stereocenters. The van der Waals surface area contributed by atoms with Crippen molar-refractivity contribution in [2.24, 2.45) is 0 Å². The van der Waals surface area contributed by atoms with E-state index in [1.807, 2.05) is 0 Å². The summed E-state index contributed by atoms with van der Waals surface area (Å²) in [4.78, 5) is 30.0. The van der Waals surface area contributed by atoms with Crippen LogP contribution in [0.25, 0.3) is 10.9 Å². The summed E-state index contributed by atoms with van der Waals surface area (Å²) in [6, 6.07) is 4.35. The van der Waals surface area contributed by atoms with Gasteiger partial charge in [0.05, 0.1) is 37.8 Å². The van der Waals surface area contributed by atoms with Crippen molar-refractivity contribution in [3.05, 3.63) is 66.3 Å². The largest absolute Gasteiger partial charge is 0.416 e. The van der Waals surface area contributed by atoms with Crippen molar-refractivity contribution in [3.63, 3.8) is 0 Å². The zero-order valence-corrected chi connectivity index (χ0v) is 21.7. The van der Waals surface area contributed by atoms with Gasteiger partial charge in [-0.1, -0.05) is 30.1 Å². The first-order valence-electron chi connectivity index (χ1n) is 11.1. The lowest BCUT2D eigenvalue weighted by molar-refractivity contribution is -0.138. The number of alkyl halides is 3. The summed E-state index contributed by atoms with van der Waals surface area (Å²) in [7, 11) is -3.81. The van der Waals surface area contributed by atoms with Crippen molar-refractivity contribution >= 4 is 49.6 Å². The van der Waals surface area contributed by atoms with E-state index in [4.69, 9.17) is 23.2 Å². The fraction of sp³-hybridized carbons (Fsp3) is 0.364. The maximum Gasteiger partial charge on any atom is 0.416 e. The van der Waals surface area contributed by atoms with Crippen molar-refractivity contribution in [1.82, 2.24) is 19.9 Å². The van der Waals surface area contributed by atoms with Crippen LogP contribution in [0.4, 0.5) is 18.9 Å². The molecule has 1 aromatic heterocycles. The van der Waals surface area contributed by atoms with Crippen molar-refractivity contribution in [1.29, 1.82) is 0 Å². The molecule has 0 amide bonds. The van der Waals surface area contributed by atoms with Gasteiger partial charge in [-0.2, -0.15) is 17.8 Å². The molecule has 3 N–H and O–H groups in total. The van der Waals surface area contributed by atoms with Gasteiger partial charge in [-0.25, -0.2) is 13.2 Å². The summed E-state index contributed by atoms with van der Waals surface area (Å²) < 4.78 is 67.6. The summed E-state index contributed by atoms with van der Waals surface area (Å²) in [5.41, 5.74) is -1.62. The Morgan fingerprint density at radius 1 is 1.11 bits per heavy atom. The van der Waals surface area contributed by atoms with Gasteiger partial charge in [-0.05, 0) is 29.8 Å². The number of fused-ring (bicyclic) bond motifs is 1. The van der Waals surface area contributed by atoms with Crippen LogP contribution >= 0.6 is 23.2 Å². The predicted octanol–water partition coefficient (Wildman–Crippen LogP) is 3.09. The van der Waals surface area contributed by atoms with Gasteiger partial charge in [-0.3, -0.25) is 15.1 Å². The molecular weight excluding hydrogens is 558 g/mol. The minimum atomic E-state index is -4.84. The normalized spacial score (nSPS) is 15.3. The highest BCUT2D eigenvalue weighted by atomic mass is 35.5. The molecule has 4 rings (SSSR count). The van der Waals surface area contributed by atoms with Gasteiger partial charge < -0.3 is 10.3 Å². The van der Waals surface area contributed by atoms with Crippen LogP contribution < -0.4 is 22.0 Å². The molecule has 0 bridgehead atoms. The van der Waals surface area contributed by atoms with Crippen molar-refractivity contribution in [2.75, 3.05) is 37.4 Å². The van der Waals surface area contributed by atoms with E-state index >= 15 is 0 Å². The number of halogens is 5. The van der Waals surface area contributed by atoms with Crippen LogP contribution in [0, 0.1) is 0 Å². The molecule has 200 valence electrons. The first kappa shape index (κ1) is 27.5. The lowest BCUT2D eigenvalue weighted by Gasteiger charge is -2.29. The van der Waals surface area contributed by atoms with E-state index < -0.39 is 38.2 Å². The van der Waals surface area contributed by atoms with Crippen LogP contribution in [0.15, 0.2) is 38.8 Å². The lowest BCUT2D eigenvalue weighted by atomic mass is 10.0. The molecule has 0 spiro atoms. The molecule has 9 nitrogen and oxygen atoms in total. The molecule has 2 heterocycles. The second-order valence-electron chi connectivity index (χ2n) is 8.39. The van der Waals surface area contributed by atoms with E-state index in [-0.39, 0.29) is 44.0 Å². The number of hydrogen-bond donors (Lipinski definition) is 3. The van der Waals surface area contributed by atoms with Crippen molar-refractivity contribution in [2.45, 2.75) is 24.5 Å². The smallest absolute Gasteiger partial charge is 0.314 e. The van der Waals surface area contributed by atoms with E-state index in [0.29, 0.717) is 36.9 Å². The molecule has 1 aliphatic rings. The Bertz CT molecular complexity index is 1580. The molecule has 37 heavy (non-hydrogen) atoms. The molecule has 1 fully saturated rings. The highest BCUT2D eigenvalue weighted by Crippen LogP contribution is 2.38. The number of aromatic nitrogens is 2. The Kier molecular flexibility index (Phi) is 7.64. The number of aromatic amines is 1. The fourth-order valence-electron chi connectivity index (χ4n) is 4.10. The zero-order chi connectivity index (χ0) is 27.1. The minimum Gasteiger partial charge on any atom is -0.314 e. The van der Waals surface area contributed by atoms with Crippen LogP contribution in [-0.2, 0) is 22.6 Å². The Morgan fingerprint density at radius 2 is 1.78 bits per heavy atom. The topological polar surface area (TPSA) is 116 Å². The number of hydrogen-bond acceptors (Lipinski definition) is 7. The molecule has 0 saturated carbocycles. The van der Waals surface area contributed by atoms with Crippen molar-refractivity contribution < 1.29 is 21.6 Å². The molecule has 15 heteroatoms. The Morgan fingerprint density at radius 3 is 2.41 bits per heavy atom. The van der Waals surface area contributed by atoms with Gasteiger partial charge in [0.1, 0.15) is 0 Å². The summed E-state index contributed by atoms with van der Waals surface area (Å²) in [6.45, 7) is 3.46. The van der Waals surface area contributed by atoms with Crippen LogP contribution in [0.5, 0.6) is 0 Å². The van der Waals surface area contributed by atoms with Crippen LogP contribution in [0.3, 0.4) is 0 Å². The maximum absolute atomic E-state index is 14.1. The lowest BCUT2D eigenvalue weighted by Crippen LogP contribution is -2.43. The summed E-state index contributed by atoms with van der Waals surface area (Å²) >= 11 is 12.4. The second kappa shape index (κ2) is 10.3. The molecule has 1 aliphatic heterocycles. The third-order valence-corrected chi connectivity index (χ3v) is 8.46. The van der Waals surface area contributed by atoms with Gasteiger partial charge >= 0.3 is 11.9 Å². The molecule has 0 radical (unpaired) electrons. The SMILES string of the molecule is CCS(=O)(=O)c1ccc(Cl)cc1Nn1c(=O)[nH]c2c(Cl)c(CN3CCNCC3)c(C(F)(F)F)cc2c1=O. The van der Waals surface area contributed by atoms with Gasteiger partial charge in [0.15, 0.2) is 9.84 Å². The standard InChI is InChI=1S/C22H22Cl2F3N5O4S/c1-2-37(35,36)17-4-3-12(23)9-16(17)30-32-20(33)13-10-15(22(25,26)27)14(11-31-7-5-28-6-8-31)18(24)19(13)29-21(32)34/h3-4,9-10,28,30H,2,5-8,11H2,1H3,(H,29,34). The van der Waals surface area contributed by atoms with Crippen LogP contribution in [-0.4, -0.2) is 54.9 Å². The number of benzene rings is 2. The number of H-pyrrole nitrogens is 1. The number of nitrogens with one attached hydrogen (secondary N) is 3. The molecule has 3 aromatic rings. The number of nitrogens with zero attached hydrogens (tertiary/aromatic N) is 2. The maximum atomic E-state index is 14.1. The summed E-state index contributed by atoms with van der Waals surface area (Å²) in [5, 5.41) is 2.32. The average molecular weight is 580 g/mol. The first-order valence-corrected chi connectivity index (χ1v) is 13.5. The van der Waals surface area contributed by atoms with Gasteiger partial charge in [0.2, 0.25) is 0 Å². The van der Waals surface area contributed by atoms with E-state index in [2.05, 4.69) is 15.7 Å². The first-order chi connectivity index (χ1) is 17.3. The van der Waals surface area contributed by atoms with Gasteiger partial charge in [0, 0.05) is 37.7 Å². The average Bonchev–Trinajstić information content (AvgIpc) is 2.83. The second-order valence-corrected chi connectivity index (χ2v) is 11.5. The van der Waals surface area contributed by atoms with Crippen LogP contribution in [0.1, 0.15) is 18.1 Å². The number of anilines is 1. The quantitative estimate of drug-likeness (QED) is 0.411. The van der Waals surface area contributed by atoms with Gasteiger partial charge in [0.25, 0.3) is 5.56 Å². The number of rotatable bonds is 6. The Balaban J connectivity index is 1.90. The third-order valence-electron chi connectivity index (χ3n) is 6.02. The molecular formula is C22H22Cl2F3N5O4S. The third kappa shape index (κ3) is 5.50. The van der Waals surface area contributed by atoms with E-state index in [1.54, 1.807) is 4.90 Å². The predicted molar refractivity (Wildman–Crippen MR) is 135 cm³/mol. The fourth-order valence-corrected chi connectivity index (χ4v) is 5.60.